The third-order valence-electron chi connectivity index (χ3n) is 9.13. The zero-order valence-electron chi connectivity index (χ0n) is 28.2. The van der Waals surface area contributed by atoms with E-state index in [-0.39, 0.29) is 11.8 Å². The zero-order chi connectivity index (χ0) is 33.5. The number of imidazole rings is 1. The number of carbonyl (C=O) groups is 1. The van der Waals surface area contributed by atoms with Crippen LogP contribution < -0.4 is 19.1 Å². The van der Waals surface area contributed by atoms with Crippen LogP contribution in [-0.4, -0.2) is 97.9 Å². The second-order valence-corrected chi connectivity index (χ2v) is 12.2. The van der Waals surface area contributed by atoms with E-state index in [2.05, 4.69) is 43.6 Å². The van der Waals surface area contributed by atoms with Crippen LogP contribution in [0.2, 0.25) is 0 Å². The van der Waals surface area contributed by atoms with Crippen LogP contribution in [0.3, 0.4) is 0 Å². The van der Waals surface area contributed by atoms with Crippen LogP contribution in [0.4, 0.5) is 5.95 Å². The molecule has 1 amide bonds. The van der Waals surface area contributed by atoms with Crippen molar-refractivity contribution >= 4 is 22.9 Å². The fraction of sp³-hybridized carbons (Fsp3) is 0.378. The van der Waals surface area contributed by atoms with E-state index in [1.807, 2.05) is 31.4 Å². The molecule has 48 heavy (non-hydrogen) atoms. The minimum absolute atomic E-state index is 0.105. The molecule has 1 aliphatic rings. The van der Waals surface area contributed by atoms with Gasteiger partial charge in [-0.1, -0.05) is 18.2 Å². The molecule has 6 rings (SSSR count). The summed E-state index contributed by atoms with van der Waals surface area (Å²) >= 11 is 0. The molecule has 252 valence electrons. The summed E-state index contributed by atoms with van der Waals surface area (Å²) in [5.41, 5.74) is 4.83. The summed E-state index contributed by atoms with van der Waals surface area (Å²) in [4.78, 5) is 29.9. The molecule has 1 unspecified atom stereocenters. The Hall–Kier alpha value is -5.03. The fourth-order valence-corrected chi connectivity index (χ4v) is 6.58. The van der Waals surface area contributed by atoms with Gasteiger partial charge in [0.25, 0.3) is 5.91 Å². The Labute approximate surface area is 281 Å². The van der Waals surface area contributed by atoms with Crippen molar-refractivity contribution in [3.63, 3.8) is 0 Å². The lowest BCUT2D eigenvalue weighted by atomic mass is 9.96. The van der Waals surface area contributed by atoms with Gasteiger partial charge in [0.15, 0.2) is 11.5 Å². The number of hydrogen-bond acceptors (Lipinski definition) is 9. The number of pyridine rings is 1. The maximum Gasteiger partial charge on any atom is 0.253 e. The molecule has 0 N–H and O–H groups in total. The second kappa shape index (κ2) is 15.2. The molecule has 3 aromatic heterocycles. The topological polar surface area (TPSA) is 98.3 Å². The summed E-state index contributed by atoms with van der Waals surface area (Å²) in [6.07, 6.45) is 9.14. The Morgan fingerprint density at radius 3 is 2.50 bits per heavy atom. The van der Waals surface area contributed by atoms with Gasteiger partial charge in [-0.05, 0) is 67.9 Å². The van der Waals surface area contributed by atoms with Gasteiger partial charge in [-0.2, -0.15) is 0 Å². The van der Waals surface area contributed by atoms with Crippen LogP contribution >= 0.6 is 0 Å². The highest BCUT2D eigenvalue weighted by atomic mass is 16.5. The average Bonchev–Trinajstić information content (AvgIpc) is 3.71. The van der Waals surface area contributed by atoms with Gasteiger partial charge in [0.2, 0.25) is 11.7 Å². The highest BCUT2D eigenvalue weighted by Crippen LogP contribution is 2.38. The molecule has 1 saturated heterocycles. The smallest absolute Gasteiger partial charge is 0.253 e. The highest BCUT2D eigenvalue weighted by molar-refractivity contribution is 5.95. The van der Waals surface area contributed by atoms with E-state index in [0.717, 1.165) is 73.7 Å². The van der Waals surface area contributed by atoms with Crippen LogP contribution in [0.1, 0.15) is 40.2 Å². The molecular formula is C37H44N6O5. The third kappa shape index (κ3) is 7.26. The predicted octanol–water partition coefficient (Wildman–Crippen LogP) is 5.56. The van der Waals surface area contributed by atoms with E-state index in [4.69, 9.17) is 23.6 Å². The molecule has 11 heteroatoms. The predicted molar refractivity (Wildman–Crippen MR) is 185 cm³/mol. The number of carbonyl (C=O) groups excluding carboxylic acids is 1. The number of rotatable bonds is 13. The Kier molecular flexibility index (Phi) is 10.4. The molecular weight excluding hydrogens is 608 g/mol. The summed E-state index contributed by atoms with van der Waals surface area (Å²) in [5, 5.41) is 0. The molecule has 5 aromatic rings. The van der Waals surface area contributed by atoms with E-state index in [1.54, 1.807) is 57.1 Å². The summed E-state index contributed by atoms with van der Waals surface area (Å²) in [5.74, 6) is 2.34. The lowest BCUT2D eigenvalue weighted by Crippen LogP contribution is -2.35. The zero-order valence-corrected chi connectivity index (χ0v) is 28.2. The lowest BCUT2D eigenvalue weighted by molar-refractivity contribution is 0.0782. The van der Waals surface area contributed by atoms with Crippen molar-refractivity contribution in [1.82, 2.24) is 24.3 Å². The number of anilines is 1. The van der Waals surface area contributed by atoms with Crippen molar-refractivity contribution in [1.29, 1.82) is 0 Å². The molecule has 11 nitrogen and oxygen atoms in total. The number of aromatic nitrogens is 3. The van der Waals surface area contributed by atoms with E-state index in [1.165, 1.54) is 0 Å². The fourth-order valence-electron chi connectivity index (χ4n) is 6.58. The van der Waals surface area contributed by atoms with E-state index >= 15 is 0 Å². The van der Waals surface area contributed by atoms with Gasteiger partial charge in [-0.25, -0.2) is 4.98 Å². The number of fused-ring (bicyclic) bond motifs is 1. The first kappa shape index (κ1) is 32.9. The highest BCUT2D eigenvalue weighted by Gasteiger charge is 2.25. The van der Waals surface area contributed by atoms with Crippen molar-refractivity contribution in [2.75, 3.05) is 72.5 Å². The van der Waals surface area contributed by atoms with Crippen molar-refractivity contribution < 1.29 is 23.4 Å². The van der Waals surface area contributed by atoms with Crippen molar-refractivity contribution in [3.05, 3.63) is 96.2 Å². The monoisotopic (exact) mass is 652 g/mol. The molecule has 4 heterocycles. The minimum atomic E-state index is -0.119. The number of amides is 1. The number of para-hydroxylation sites is 2. The first-order chi connectivity index (χ1) is 23.5. The van der Waals surface area contributed by atoms with Crippen molar-refractivity contribution in [2.45, 2.75) is 25.3 Å². The normalized spacial score (nSPS) is 14.5. The van der Waals surface area contributed by atoms with E-state index in [0.29, 0.717) is 35.9 Å². The van der Waals surface area contributed by atoms with Gasteiger partial charge in [-0.3, -0.25) is 9.78 Å². The van der Waals surface area contributed by atoms with Gasteiger partial charge in [0.1, 0.15) is 0 Å². The first-order valence-corrected chi connectivity index (χ1v) is 16.4. The van der Waals surface area contributed by atoms with Gasteiger partial charge in [0, 0.05) is 62.7 Å². The summed E-state index contributed by atoms with van der Waals surface area (Å²) in [7, 11) is 6.49. The largest absolute Gasteiger partial charge is 0.493 e. The Bertz CT molecular complexity index is 1770. The summed E-state index contributed by atoms with van der Waals surface area (Å²) in [6.45, 7) is 5.90. The Morgan fingerprint density at radius 1 is 0.979 bits per heavy atom. The minimum Gasteiger partial charge on any atom is -0.493 e. The Morgan fingerprint density at radius 2 is 1.79 bits per heavy atom. The molecule has 0 spiro atoms. The molecule has 1 aliphatic heterocycles. The standard InChI is InChI=1S/C37H44N6O5/c1-40(36(44)30-21-33(45-2)35(47-4)34(22-30)46-3)25-29(28-9-7-14-38-23-28)12-17-41-15-8-16-42(19-18-41)37-39-31-10-5-6-11-32(31)43(37)24-27-13-20-48-26-27/h5-7,9-11,13-14,20-23,26,29H,8,12,15-19,24-25H2,1-4H3. The number of methoxy groups -OCH3 is 3. The number of benzene rings is 2. The molecule has 1 atom stereocenters. The number of likely N-dealkylation sites (N-methyl/N-ethyl adjacent to an activating group) is 1. The van der Waals surface area contributed by atoms with Crippen LogP contribution in [-0.2, 0) is 6.54 Å². The van der Waals surface area contributed by atoms with Crippen molar-refractivity contribution in [2.24, 2.45) is 0 Å². The maximum atomic E-state index is 13.7. The van der Waals surface area contributed by atoms with Crippen LogP contribution in [0.15, 0.2) is 83.9 Å². The molecule has 0 aliphatic carbocycles. The molecule has 0 bridgehead atoms. The summed E-state index contributed by atoms with van der Waals surface area (Å²) < 4.78 is 24.1. The Balaban J connectivity index is 1.14. The first-order valence-electron chi connectivity index (χ1n) is 16.4. The van der Waals surface area contributed by atoms with E-state index in [9.17, 15) is 4.79 Å². The lowest BCUT2D eigenvalue weighted by Gasteiger charge is -2.28. The van der Waals surface area contributed by atoms with E-state index < -0.39 is 0 Å². The molecule has 0 radical (unpaired) electrons. The molecule has 0 saturated carbocycles. The van der Waals surface area contributed by atoms with Crippen LogP contribution in [0.25, 0.3) is 11.0 Å². The van der Waals surface area contributed by atoms with Gasteiger partial charge in [-0.15, -0.1) is 0 Å². The van der Waals surface area contributed by atoms with Gasteiger partial charge >= 0.3 is 0 Å². The number of furan rings is 1. The average molecular weight is 653 g/mol. The SMILES string of the molecule is COc1cc(C(=O)N(C)CC(CCN2CCCN(c3nc4ccccc4n3Cc3ccoc3)CC2)c2cccnc2)cc(OC)c1OC. The number of hydrogen-bond donors (Lipinski definition) is 0. The molecule has 1 fully saturated rings. The third-order valence-corrected chi connectivity index (χ3v) is 9.13. The quantitative estimate of drug-likeness (QED) is 0.162. The van der Waals surface area contributed by atoms with Crippen LogP contribution in [0, 0.1) is 0 Å². The summed E-state index contributed by atoms with van der Waals surface area (Å²) in [6, 6.07) is 17.8. The molecule has 2 aromatic carbocycles. The van der Waals surface area contributed by atoms with Crippen molar-refractivity contribution in [3.8, 4) is 17.2 Å². The number of nitrogens with zero attached hydrogens (tertiary/aromatic N) is 6. The van der Waals surface area contributed by atoms with Gasteiger partial charge in [0.05, 0.1) is 51.4 Å². The second-order valence-electron chi connectivity index (χ2n) is 12.2. The van der Waals surface area contributed by atoms with Crippen LogP contribution in [0.5, 0.6) is 17.2 Å². The van der Waals surface area contributed by atoms with Gasteiger partial charge < -0.3 is 37.9 Å². The maximum absolute atomic E-state index is 13.7. The number of ether oxygens (including phenoxy) is 3.